The highest BCUT2D eigenvalue weighted by atomic mass is 15.1. The van der Waals surface area contributed by atoms with Gasteiger partial charge in [0.2, 0.25) is 0 Å². The fourth-order valence-electron chi connectivity index (χ4n) is 12.7. The molecule has 0 atom stereocenters. The number of anilines is 3. The minimum Gasteiger partial charge on any atom is -0.310 e. The second-order valence-corrected chi connectivity index (χ2v) is 19.5. The smallest absolute Gasteiger partial charge is 0.0731 e. The van der Waals surface area contributed by atoms with Crippen molar-refractivity contribution in [3.05, 3.63) is 282 Å². The van der Waals surface area contributed by atoms with E-state index in [1.165, 1.54) is 111 Å². The normalized spacial score (nSPS) is 13.9. The molecule has 11 aromatic carbocycles. The van der Waals surface area contributed by atoms with Gasteiger partial charge >= 0.3 is 0 Å². The van der Waals surface area contributed by atoms with E-state index in [0.29, 0.717) is 0 Å². The van der Waals surface area contributed by atoms with Crippen molar-refractivity contribution < 1.29 is 0 Å². The zero-order valence-corrected chi connectivity index (χ0v) is 38.6. The first kappa shape index (κ1) is 39.6. The topological polar surface area (TPSA) is 3.24 Å². The summed E-state index contributed by atoms with van der Waals surface area (Å²) < 4.78 is 0. The number of rotatable bonds is 6. The summed E-state index contributed by atoms with van der Waals surface area (Å²) in [5.41, 5.74) is 26.1. The van der Waals surface area contributed by atoms with Crippen molar-refractivity contribution in [2.75, 3.05) is 4.90 Å². The fraction of sp³-hybridized carbons (Fsp3) is 0.0588. The summed E-state index contributed by atoms with van der Waals surface area (Å²) in [4.78, 5) is 2.44. The predicted molar refractivity (Wildman–Crippen MR) is 289 cm³/mol. The van der Waals surface area contributed by atoms with Crippen LogP contribution >= 0.6 is 0 Å². The molecule has 11 aromatic rings. The lowest BCUT2D eigenvalue weighted by molar-refractivity contribution is 0.660. The molecule has 1 spiro atoms. The summed E-state index contributed by atoms with van der Waals surface area (Å²) in [6, 6.07) is 93.0. The summed E-state index contributed by atoms with van der Waals surface area (Å²) in [6.07, 6.45) is 0. The molecule has 3 aliphatic carbocycles. The van der Waals surface area contributed by atoms with Gasteiger partial charge in [0.1, 0.15) is 0 Å². The Balaban J connectivity index is 1.02. The van der Waals surface area contributed by atoms with Gasteiger partial charge in [0.15, 0.2) is 0 Å². The van der Waals surface area contributed by atoms with Gasteiger partial charge in [-0.25, -0.2) is 0 Å². The Morgan fingerprint density at radius 1 is 0.275 bits per heavy atom. The first-order chi connectivity index (χ1) is 34.0. The lowest BCUT2D eigenvalue weighted by atomic mass is 9.68. The lowest BCUT2D eigenvalue weighted by Crippen LogP contribution is -2.26. The molecule has 3 aliphatic rings. The quantitative estimate of drug-likeness (QED) is 0.161. The van der Waals surface area contributed by atoms with E-state index in [0.717, 1.165) is 17.1 Å². The lowest BCUT2D eigenvalue weighted by Gasteiger charge is -2.32. The summed E-state index contributed by atoms with van der Waals surface area (Å²) >= 11 is 0. The van der Waals surface area contributed by atoms with Crippen LogP contribution in [0.15, 0.2) is 249 Å². The molecule has 0 saturated carbocycles. The summed E-state index contributed by atoms with van der Waals surface area (Å²) in [5, 5.41) is 2.55. The first-order valence-corrected chi connectivity index (χ1v) is 24.3. The molecule has 1 nitrogen and oxygen atoms in total. The molecular formula is C68H47N. The molecule has 0 unspecified atom stereocenters. The van der Waals surface area contributed by atoms with E-state index in [1.54, 1.807) is 0 Å². The Bertz CT molecular complexity index is 3800. The summed E-state index contributed by atoms with van der Waals surface area (Å²) in [5.74, 6) is 0. The van der Waals surface area contributed by atoms with Crippen LogP contribution in [0.2, 0.25) is 0 Å². The van der Waals surface area contributed by atoms with Gasteiger partial charge in [0, 0.05) is 22.5 Å². The van der Waals surface area contributed by atoms with Gasteiger partial charge in [-0.1, -0.05) is 226 Å². The summed E-state index contributed by atoms with van der Waals surface area (Å²) in [7, 11) is 0. The van der Waals surface area contributed by atoms with E-state index in [1.807, 2.05) is 0 Å². The molecular weight excluding hydrogens is 831 g/mol. The van der Waals surface area contributed by atoms with Gasteiger partial charge in [-0.3, -0.25) is 0 Å². The van der Waals surface area contributed by atoms with E-state index in [4.69, 9.17) is 0 Å². The van der Waals surface area contributed by atoms with Crippen LogP contribution < -0.4 is 4.90 Å². The third-order valence-electron chi connectivity index (χ3n) is 15.7. The van der Waals surface area contributed by atoms with Crippen LogP contribution in [0, 0.1) is 0 Å². The SMILES string of the molecule is CC1(C)c2ccccc2-c2ccc(N(c3ccc(-c4ccccc4)cc3)c3ccc(-c4c5c(c6ccccc6c4-c4ccccc4)C4(c6ccccc6-c6ccccc64)c4ccccc4-5)cc3)cc21. The molecule has 0 heterocycles. The van der Waals surface area contributed by atoms with Crippen molar-refractivity contribution in [2.24, 2.45) is 0 Å². The highest BCUT2D eigenvalue weighted by Gasteiger charge is 2.53. The van der Waals surface area contributed by atoms with Gasteiger partial charge in [0.05, 0.1) is 5.41 Å². The number of hydrogen-bond donors (Lipinski definition) is 0. The van der Waals surface area contributed by atoms with E-state index in [9.17, 15) is 0 Å². The molecule has 0 amide bonds. The van der Waals surface area contributed by atoms with Gasteiger partial charge in [-0.05, 0) is 147 Å². The van der Waals surface area contributed by atoms with Gasteiger partial charge in [-0.2, -0.15) is 0 Å². The number of nitrogens with zero attached hydrogens (tertiary/aromatic N) is 1. The summed E-state index contributed by atoms with van der Waals surface area (Å²) in [6.45, 7) is 4.74. The Kier molecular flexibility index (Phi) is 8.61. The van der Waals surface area contributed by atoms with E-state index in [2.05, 4.69) is 267 Å². The van der Waals surface area contributed by atoms with Crippen LogP contribution in [-0.2, 0) is 10.8 Å². The maximum atomic E-state index is 2.44. The number of benzene rings is 11. The molecule has 14 rings (SSSR count). The fourth-order valence-corrected chi connectivity index (χ4v) is 12.7. The van der Waals surface area contributed by atoms with Crippen LogP contribution in [-0.4, -0.2) is 0 Å². The van der Waals surface area contributed by atoms with E-state index >= 15 is 0 Å². The average Bonchev–Trinajstić information content (AvgIpc) is 3.98. The molecule has 1 heteroatoms. The van der Waals surface area contributed by atoms with Gasteiger partial charge in [0.25, 0.3) is 0 Å². The second kappa shape index (κ2) is 15.0. The van der Waals surface area contributed by atoms with Gasteiger partial charge < -0.3 is 4.90 Å². The maximum Gasteiger partial charge on any atom is 0.0731 e. The van der Waals surface area contributed by atoms with E-state index < -0.39 is 5.41 Å². The van der Waals surface area contributed by atoms with E-state index in [-0.39, 0.29) is 5.41 Å². The Labute approximate surface area is 404 Å². The maximum absolute atomic E-state index is 2.44. The van der Waals surface area contributed by atoms with Crippen molar-refractivity contribution >= 4 is 27.8 Å². The third kappa shape index (κ3) is 5.59. The molecule has 0 aromatic heterocycles. The Morgan fingerprint density at radius 3 is 1.29 bits per heavy atom. The van der Waals surface area contributed by atoms with Crippen LogP contribution in [0.4, 0.5) is 17.1 Å². The second-order valence-electron chi connectivity index (χ2n) is 19.5. The molecule has 0 aliphatic heterocycles. The molecule has 0 saturated heterocycles. The van der Waals surface area contributed by atoms with Crippen molar-refractivity contribution in [1.82, 2.24) is 0 Å². The minimum absolute atomic E-state index is 0.132. The van der Waals surface area contributed by atoms with Crippen molar-refractivity contribution in [3.63, 3.8) is 0 Å². The third-order valence-corrected chi connectivity index (χ3v) is 15.7. The minimum atomic E-state index is -0.494. The van der Waals surface area contributed by atoms with Crippen LogP contribution in [0.1, 0.15) is 47.2 Å². The van der Waals surface area contributed by atoms with Crippen molar-refractivity contribution in [2.45, 2.75) is 24.7 Å². The van der Waals surface area contributed by atoms with Gasteiger partial charge in [-0.15, -0.1) is 0 Å². The highest BCUT2D eigenvalue weighted by molar-refractivity contribution is 6.16. The van der Waals surface area contributed by atoms with Crippen LogP contribution in [0.5, 0.6) is 0 Å². The monoisotopic (exact) mass is 877 g/mol. The van der Waals surface area contributed by atoms with Crippen molar-refractivity contribution in [1.29, 1.82) is 0 Å². The number of fused-ring (bicyclic) bond motifs is 15. The average molecular weight is 878 g/mol. The van der Waals surface area contributed by atoms with Crippen LogP contribution in [0.3, 0.4) is 0 Å². The van der Waals surface area contributed by atoms with Crippen molar-refractivity contribution in [3.8, 4) is 66.8 Å². The molecule has 0 N–H and O–H groups in total. The first-order valence-electron chi connectivity index (χ1n) is 24.3. The molecule has 0 bridgehead atoms. The highest BCUT2D eigenvalue weighted by Crippen LogP contribution is 2.66. The largest absolute Gasteiger partial charge is 0.310 e. The zero-order valence-electron chi connectivity index (χ0n) is 38.6. The zero-order chi connectivity index (χ0) is 45.8. The Hall–Kier alpha value is -8.52. The molecule has 324 valence electrons. The molecule has 69 heavy (non-hydrogen) atoms. The van der Waals surface area contributed by atoms with Crippen LogP contribution in [0.25, 0.3) is 77.5 Å². The standard InChI is InChI=1S/C68H47N/c1-67(2)58-29-15-11-23-51(58)54-42-41-50(43-62(54)67)69(48-37-33-45(34-38-48)44-19-5-3-6-20-44)49-39-35-47(36-40-49)64-63(46-21-7-4-8-22-46)55-26-9-10-27-56(55)66-65(64)57-28-14-18-32-61(57)68(66)59-30-16-12-24-52(59)53-25-13-17-31-60(53)68/h3-43H,1-2H3. The predicted octanol–water partition coefficient (Wildman–Crippen LogP) is 18.0. The molecule has 0 radical (unpaired) electrons. The molecule has 0 fully saturated rings. The number of hydrogen-bond acceptors (Lipinski definition) is 1. The Morgan fingerprint density at radius 2 is 0.681 bits per heavy atom.